The average molecular weight is 594 g/mol. The molecule has 6 rings (SSSR count). The Hall–Kier alpha value is -4.79. The monoisotopic (exact) mass is 593 g/mol. The lowest BCUT2D eigenvalue weighted by Gasteiger charge is -2.35. The predicted octanol–water partition coefficient (Wildman–Crippen LogP) is 6.73. The van der Waals surface area contributed by atoms with Crippen LogP contribution in [0.15, 0.2) is 65.5 Å². The van der Waals surface area contributed by atoms with E-state index in [9.17, 15) is 14.7 Å². The fourth-order valence-electron chi connectivity index (χ4n) is 5.94. The van der Waals surface area contributed by atoms with Gasteiger partial charge in [0.15, 0.2) is 0 Å². The lowest BCUT2D eigenvalue weighted by atomic mass is 10.0. The first kappa shape index (κ1) is 29.3. The van der Waals surface area contributed by atoms with E-state index in [0.29, 0.717) is 42.0 Å². The number of benzene rings is 3. The largest absolute Gasteiger partial charge is 0.506 e. The molecule has 0 radical (unpaired) electrons. The highest BCUT2D eigenvalue weighted by molar-refractivity contribution is 6.01. The van der Waals surface area contributed by atoms with Crippen molar-refractivity contribution in [1.82, 2.24) is 19.4 Å². The van der Waals surface area contributed by atoms with Crippen molar-refractivity contribution in [3.05, 3.63) is 87.7 Å². The van der Waals surface area contributed by atoms with Gasteiger partial charge in [0.25, 0.3) is 5.56 Å². The summed E-state index contributed by atoms with van der Waals surface area (Å²) in [6.45, 7) is 11.0. The number of carbonyl (C=O) groups is 1. The van der Waals surface area contributed by atoms with E-state index in [2.05, 4.69) is 10.3 Å². The molecule has 1 amide bonds. The molecule has 44 heavy (non-hydrogen) atoms. The van der Waals surface area contributed by atoms with Gasteiger partial charge < -0.3 is 29.6 Å². The maximum Gasteiger partial charge on any atom is 0.410 e. The number of anilines is 1. The van der Waals surface area contributed by atoms with E-state index in [0.717, 1.165) is 40.6 Å². The number of hydrogen-bond donors (Lipinski definition) is 3. The Balaban J connectivity index is 1.47. The summed E-state index contributed by atoms with van der Waals surface area (Å²) in [7, 11) is 0. The SMILES string of the molecule is Cc1cc2nc(-c3c(O)c4c(NC5CCCN(C(=O)OC(C)(C)C)C5)cccc4n(Cc4ccccc4)c3=O)[nH]c2cc1C. The van der Waals surface area contributed by atoms with Crippen LogP contribution >= 0.6 is 0 Å². The van der Waals surface area contributed by atoms with Crippen LogP contribution in [0.3, 0.4) is 0 Å². The van der Waals surface area contributed by atoms with Crippen LogP contribution in [0.1, 0.15) is 50.3 Å². The number of H-pyrrole nitrogens is 1. The molecule has 0 aliphatic carbocycles. The molecule has 9 nitrogen and oxygen atoms in total. The Morgan fingerprint density at radius 2 is 1.84 bits per heavy atom. The number of nitrogens with one attached hydrogen (secondary N) is 2. The van der Waals surface area contributed by atoms with Crippen molar-refractivity contribution in [2.24, 2.45) is 0 Å². The highest BCUT2D eigenvalue weighted by atomic mass is 16.6. The number of aromatic hydroxyl groups is 1. The molecule has 9 heteroatoms. The van der Waals surface area contributed by atoms with Crippen molar-refractivity contribution in [2.75, 3.05) is 18.4 Å². The maximum absolute atomic E-state index is 14.2. The normalized spacial score (nSPS) is 15.6. The highest BCUT2D eigenvalue weighted by Gasteiger charge is 2.29. The number of pyridine rings is 1. The topological polar surface area (TPSA) is 112 Å². The highest BCUT2D eigenvalue weighted by Crippen LogP contribution is 2.38. The van der Waals surface area contributed by atoms with Crippen LogP contribution < -0.4 is 10.9 Å². The van der Waals surface area contributed by atoms with Crippen LogP contribution in [0.25, 0.3) is 33.3 Å². The fourth-order valence-corrected chi connectivity index (χ4v) is 5.94. The zero-order valence-corrected chi connectivity index (χ0v) is 25.9. The molecule has 1 atom stereocenters. The lowest BCUT2D eigenvalue weighted by molar-refractivity contribution is 0.0206. The van der Waals surface area contributed by atoms with Crippen LogP contribution in [0.5, 0.6) is 5.75 Å². The van der Waals surface area contributed by atoms with E-state index in [4.69, 9.17) is 9.72 Å². The Morgan fingerprint density at radius 1 is 1.09 bits per heavy atom. The number of fused-ring (bicyclic) bond motifs is 2. The number of piperidine rings is 1. The summed E-state index contributed by atoms with van der Waals surface area (Å²) in [5, 5.41) is 16.0. The minimum atomic E-state index is -0.578. The van der Waals surface area contributed by atoms with Crippen molar-refractivity contribution < 1.29 is 14.6 Å². The molecule has 5 aromatic rings. The minimum Gasteiger partial charge on any atom is -0.506 e. The number of rotatable bonds is 5. The Morgan fingerprint density at radius 3 is 2.59 bits per heavy atom. The lowest BCUT2D eigenvalue weighted by Crippen LogP contribution is -2.47. The first-order valence-corrected chi connectivity index (χ1v) is 15.1. The molecule has 1 saturated heterocycles. The summed E-state index contributed by atoms with van der Waals surface area (Å²) < 4.78 is 7.32. The number of nitrogens with zero attached hydrogens (tertiary/aromatic N) is 3. The molecule has 0 saturated carbocycles. The van der Waals surface area contributed by atoms with Crippen LogP contribution in [0.2, 0.25) is 0 Å². The van der Waals surface area contributed by atoms with Gasteiger partial charge in [0.05, 0.1) is 28.5 Å². The van der Waals surface area contributed by atoms with Crippen LogP contribution in [-0.4, -0.2) is 55.4 Å². The van der Waals surface area contributed by atoms with Gasteiger partial charge in [-0.25, -0.2) is 9.78 Å². The molecule has 1 unspecified atom stereocenters. The van der Waals surface area contributed by atoms with Gasteiger partial charge in [0, 0.05) is 24.8 Å². The van der Waals surface area contributed by atoms with Crippen LogP contribution in [-0.2, 0) is 11.3 Å². The van der Waals surface area contributed by atoms with Gasteiger partial charge >= 0.3 is 6.09 Å². The molecule has 1 fully saturated rings. The number of carbonyl (C=O) groups excluding carboxylic acids is 1. The predicted molar refractivity (Wildman–Crippen MR) is 174 cm³/mol. The quantitative estimate of drug-likeness (QED) is 0.208. The Kier molecular flexibility index (Phi) is 7.57. The first-order chi connectivity index (χ1) is 21.0. The van der Waals surface area contributed by atoms with Gasteiger partial charge in [-0.3, -0.25) is 4.79 Å². The zero-order chi connectivity index (χ0) is 31.2. The molecule has 0 bridgehead atoms. The number of likely N-dealkylation sites (tertiary alicyclic amines) is 1. The second-order valence-electron chi connectivity index (χ2n) is 12.7. The number of aromatic nitrogens is 3. The summed E-state index contributed by atoms with van der Waals surface area (Å²) in [6, 6.07) is 19.3. The second-order valence-corrected chi connectivity index (χ2v) is 12.7. The van der Waals surface area contributed by atoms with E-state index in [1.807, 2.05) is 95.3 Å². The standard InChI is InChI=1S/C35H39N5O4/c1-21-17-26-27(18-22(21)2)38-32(37-26)30-31(41)29-25(36-24-13-10-16-39(20-24)34(43)44-35(3,4)5)14-9-15-28(29)40(33(30)42)19-23-11-7-6-8-12-23/h6-9,11-12,14-15,17-18,24,36,41H,10,13,16,19-20H2,1-5H3,(H,37,38). The van der Waals surface area contributed by atoms with Crippen LogP contribution in [0, 0.1) is 13.8 Å². The number of ether oxygens (including phenoxy) is 1. The fraction of sp³-hybridized carbons (Fsp3) is 0.343. The molecule has 228 valence electrons. The first-order valence-electron chi connectivity index (χ1n) is 15.1. The van der Waals surface area contributed by atoms with Crippen molar-refractivity contribution >= 4 is 33.7 Å². The number of hydrogen-bond acceptors (Lipinski definition) is 6. The molecule has 1 aliphatic rings. The summed E-state index contributed by atoms with van der Waals surface area (Å²) in [4.78, 5) is 36.8. The van der Waals surface area contributed by atoms with Crippen molar-refractivity contribution in [3.8, 4) is 17.1 Å². The van der Waals surface area contributed by atoms with Crippen molar-refractivity contribution in [2.45, 2.75) is 65.6 Å². The number of imidazole rings is 1. The maximum atomic E-state index is 14.2. The molecular formula is C35H39N5O4. The van der Waals surface area contributed by atoms with Crippen LogP contribution in [0.4, 0.5) is 10.5 Å². The van der Waals surface area contributed by atoms with E-state index in [1.165, 1.54) is 0 Å². The van der Waals surface area contributed by atoms with Gasteiger partial charge in [-0.1, -0.05) is 36.4 Å². The molecule has 3 N–H and O–H groups in total. The molecule has 0 spiro atoms. The number of aromatic amines is 1. The summed E-state index contributed by atoms with van der Waals surface area (Å²) >= 11 is 0. The summed E-state index contributed by atoms with van der Waals surface area (Å²) in [5.74, 6) is 0.185. The average Bonchev–Trinajstić information content (AvgIpc) is 3.37. The van der Waals surface area contributed by atoms with Gasteiger partial charge in [0.1, 0.15) is 22.7 Å². The third-order valence-corrected chi connectivity index (χ3v) is 8.22. The third-order valence-electron chi connectivity index (χ3n) is 8.22. The van der Waals surface area contributed by atoms with Gasteiger partial charge in [0.2, 0.25) is 0 Å². The van der Waals surface area contributed by atoms with Gasteiger partial charge in [-0.2, -0.15) is 0 Å². The van der Waals surface area contributed by atoms with E-state index in [1.54, 1.807) is 9.47 Å². The van der Waals surface area contributed by atoms with Gasteiger partial charge in [-0.15, -0.1) is 0 Å². The molecular weight excluding hydrogens is 554 g/mol. The zero-order valence-electron chi connectivity index (χ0n) is 25.9. The number of aryl methyl sites for hydroxylation is 2. The summed E-state index contributed by atoms with van der Waals surface area (Å²) in [5.41, 5.74) is 5.18. The molecule has 3 heterocycles. The van der Waals surface area contributed by atoms with Crippen molar-refractivity contribution in [1.29, 1.82) is 0 Å². The molecule has 3 aromatic carbocycles. The molecule has 1 aliphatic heterocycles. The van der Waals surface area contributed by atoms with E-state index < -0.39 is 5.60 Å². The van der Waals surface area contributed by atoms with E-state index in [-0.39, 0.29) is 29.0 Å². The number of amides is 1. The second kappa shape index (κ2) is 11.4. The Labute approximate surface area is 256 Å². The minimum absolute atomic E-state index is 0.0728. The van der Waals surface area contributed by atoms with Gasteiger partial charge in [-0.05, 0) is 88.4 Å². The van der Waals surface area contributed by atoms with Crippen molar-refractivity contribution in [3.63, 3.8) is 0 Å². The van der Waals surface area contributed by atoms with E-state index >= 15 is 0 Å². The smallest absolute Gasteiger partial charge is 0.410 e. The molecule has 2 aromatic heterocycles. The third kappa shape index (κ3) is 5.74. The Bertz CT molecular complexity index is 1880. The summed E-state index contributed by atoms with van der Waals surface area (Å²) in [6.07, 6.45) is 1.32.